The first-order valence-electron chi connectivity index (χ1n) is 4.46. The molecule has 2 rings (SSSR count). The summed E-state index contributed by atoms with van der Waals surface area (Å²) >= 11 is 1.26. The van der Waals surface area contributed by atoms with Crippen LogP contribution in [0, 0.1) is 0 Å². The van der Waals surface area contributed by atoms with Gasteiger partial charge in [0.2, 0.25) is 0 Å². The predicted molar refractivity (Wildman–Crippen MR) is 57.2 cm³/mol. The van der Waals surface area contributed by atoms with Crippen LogP contribution in [0.15, 0.2) is 18.5 Å². The lowest BCUT2D eigenvalue weighted by Crippen LogP contribution is -2.01. The zero-order valence-electron chi connectivity index (χ0n) is 8.06. The van der Waals surface area contributed by atoms with Gasteiger partial charge in [0.15, 0.2) is 0 Å². The minimum atomic E-state index is -0.363. The van der Waals surface area contributed by atoms with Crippen molar-refractivity contribution in [3.8, 4) is 5.75 Å². The Balaban J connectivity index is 2.47. The zero-order chi connectivity index (χ0) is 10.8. The quantitative estimate of drug-likeness (QED) is 0.793. The van der Waals surface area contributed by atoms with Gasteiger partial charge in [0, 0.05) is 11.6 Å². The van der Waals surface area contributed by atoms with Crippen molar-refractivity contribution in [3.05, 3.63) is 23.3 Å². The molecule has 0 aliphatic rings. The maximum atomic E-state index is 11.4. The van der Waals surface area contributed by atoms with Gasteiger partial charge in [-0.15, -0.1) is 11.3 Å². The van der Waals surface area contributed by atoms with Gasteiger partial charge in [-0.1, -0.05) is 0 Å². The van der Waals surface area contributed by atoms with E-state index in [9.17, 15) is 9.90 Å². The number of pyridine rings is 1. The van der Waals surface area contributed by atoms with E-state index in [-0.39, 0.29) is 11.7 Å². The van der Waals surface area contributed by atoms with E-state index >= 15 is 0 Å². The summed E-state index contributed by atoms with van der Waals surface area (Å²) < 4.78 is 5.64. The number of fused-ring (bicyclic) bond motifs is 1. The smallest absolute Gasteiger partial charge is 0.348 e. The van der Waals surface area contributed by atoms with E-state index in [2.05, 4.69) is 4.98 Å². The fourth-order valence-corrected chi connectivity index (χ4v) is 2.19. The SMILES string of the molecule is CCOC(=O)c1cc2c(O)cncc2s1. The number of esters is 1. The molecule has 0 fully saturated rings. The van der Waals surface area contributed by atoms with Crippen LogP contribution in [0.4, 0.5) is 0 Å². The summed E-state index contributed by atoms with van der Waals surface area (Å²) in [5, 5.41) is 10.1. The van der Waals surface area contributed by atoms with Crippen LogP contribution in [0.25, 0.3) is 10.1 Å². The highest BCUT2D eigenvalue weighted by Gasteiger charge is 2.12. The molecule has 5 heteroatoms. The Hall–Kier alpha value is -1.62. The predicted octanol–water partition coefficient (Wildman–Crippen LogP) is 2.18. The maximum absolute atomic E-state index is 11.4. The standard InChI is InChI=1S/C10H9NO3S/c1-2-14-10(13)8-3-6-7(12)4-11-5-9(6)15-8/h3-5,12H,2H2,1H3. The van der Waals surface area contributed by atoms with E-state index in [4.69, 9.17) is 4.74 Å². The van der Waals surface area contributed by atoms with Crippen LogP contribution in [0.1, 0.15) is 16.6 Å². The normalized spacial score (nSPS) is 10.5. The number of carbonyl (C=O) groups excluding carboxylic acids is 1. The Morgan fingerprint density at radius 3 is 3.07 bits per heavy atom. The van der Waals surface area contributed by atoms with E-state index in [1.54, 1.807) is 19.2 Å². The van der Waals surface area contributed by atoms with E-state index in [0.717, 1.165) is 4.70 Å². The summed E-state index contributed by atoms with van der Waals surface area (Å²) in [7, 11) is 0. The summed E-state index contributed by atoms with van der Waals surface area (Å²) in [4.78, 5) is 15.7. The number of ether oxygens (including phenoxy) is 1. The molecule has 4 nitrogen and oxygen atoms in total. The molecule has 2 heterocycles. The lowest BCUT2D eigenvalue weighted by Gasteiger charge is -1.95. The lowest BCUT2D eigenvalue weighted by molar-refractivity contribution is 0.0532. The van der Waals surface area contributed by atoms with Gasteiger partial charge < -0.3 is 9.84 Å². The number of hydrogen-bond acceptors (Lipinski definition) is 5. The number of hydrogen-bond donors (Lipinski definition) is 1. The highest BCUT2D eigenvalue weighted by Crippen LogP contribution is 2.31. The third kappa shape index (κ3) is 1.78. The molecule has 0 unspecified atom stereocenters. The Bertz CT molecular complexity index is 506. The minimum Gasteiger partial charge on any atom is -0.506 e. The molecule has 0 bridgehead atoms. The Morgan fingerprint density at radius 1 is 1.60 bits per heavy atom. The van der Waals surface area contributed by atoms with Crippen LogP contribution < -0.4 is 0 Å². The maximum Gasteiger partial charge on any atom is 0.348 e. The van der Waals surface area contributed by atoms with Crippen LogP contribution in [0.5, 0.6) is 5.75 Å². The molecular formula is C10H9NO3S. The molecule has 0 radical (unpaired) electrons. The van der Waals surface area contributed by atoms with E-state index in [0.29, 0.717) is 16.9 Å². The van der Waals surface area contributed by atoms with Gasteiger partial charge in [-0.25, -0.2) is 4.79 Å². The first kappa shape index (κ1) is 9.92. The average Bonchev–Trinajstić information content (AvgIpc) is 2.63. The molecule has 0 aliphatic heterocycles. The Morgan fingerprint density at radius 2 is 2.40 bits per heavy atom. The third-order valence-electron chi connectivity index (χ3n) is 1.90. The summed E-state index contributed by atoms with van der Waals surface area (Å²) in [6.45, 7) is 2.10. The lowest BCUT2D eigenvalue weighted by atomic mass is 10.3. The number of aromatic nitrogens is 1. The molecule has 0 saturated carbocycles. The number of nitrogens with zero attached hydrogens (tertiary/aromatic N) is 1. The van der Waals surface area contributed by atoms with Gasteiger partial charge in [0.1, 0.15) is 10.6 Å². The van der Waals surface area contributed by atoms with Crippen molar-refractivity contribution in [2.24, 2.45) is 0 Å². The van der Waals surface area contributed by atoms with Gasteiger partial charge in [0.05, 0.1) is 17.5 Å². The molecule has 2 aromatic rings. The molecule has 0 aromatic carbocycles. The first-order chi connectivity index (χ1) is 7.22. The monoisotopic (exact) mass is 223 g/mol. The topological polar surface area (TPSA) is 59.4 Å². The Labute approximate surface area is 90.1 Å². The largest absolute Gasteiger partial charge is 0.506 e. The number of carbonyl (C=O) groups is 1. The van der Waals surface area contributed by atoms with Gasteiger partial charge in [-0.3, -0.25) is 4.98 Å². The summed E-state index contributed by atoms with van der Waals surface area (Å²) in [5.41, 5.74) is 0. The highest BCUT2D eigenvalue weighted by atomic mass is 32.1. The van der Waals surface area contributed by atoms with Gasteiger partial charge >= 0.3 is 5.97 Å². The number of aromatic hydroxyl groups is 1. The van der Waals surface area contributed by atoms with Gasteiger partial charge in [-0.05, 0) is 13.0 Å². The van der Waals surface area contributed by atoms with Crippen LogP contribution in [0.2, 0.25) is 0 Å². The van der Waals surface area contributed by atoms with E-state index in [1.165, 1.54) is 17.5 Å². The molecule has 15 heavy (non-hydrogen) atoms. The molecule has 0 saturated heterocycles. The molecule has 0 amide bonds. The molecule has 0 atom stereocenters. The van der Waals surface area contributed by atoms with Crippen LogP contribution in [-0.4, -0.2) is 22.7 Å². The van der Waals surface area contributed by atoms with E-state index < -0.39 is 0 Å². The molecule has 2 aromatic heterocycles. The molecule has 78 valence electrons. The van der Waals surface area contributed by atoms with Crippen molar-refractivity contribution >= 4 is 27.4 Å². The van der Waals surface area contributed by atoms with Gasteiger partial charge in [-0.2, -0.15) is 0 Å². The van der Waals surface area contributed by atoms with Crippen LogP contribution in [0.3, 0.4) is 0 Å². The van der Waals surface area contributed by atoms with Crippen molar-refractivity contribution in [3.63, 3.8) is 0 Å². The van der Waals surface area contributed by atoms with Crippen molar-refractivity contribution in [1.29, 1.82) is 0 Å². The second-order valence-electron chi connectivity index (χ2n) is 2.90. The average molecular weight is 223 g/mol. The zero-order valence-corrected chi connectivity index (χ0v) is 8.87. The minimum absolute atomic E-state index is 0.0827. The second kappa shape index (κ2) is 3.86. The van der Waals surface area contributed by atoms with Crippen molar-refractivity contribution < 1.29 is 14.6 Å². The van der Waals surface area contributed by atoms with Crippen molar-refractivity contribution in [2.45, 2.75) is 6.92 Å². The van der Waals surface area contributed by atoms with Crippen LogP contribution >= 0.6 is 11.3 Å². The summed E-state index contributed by atoms with van der Waals surface area (Å²) in [5.74, 6) is -0.280. The summed E-state index contributed by atoms with van der Waals surface area (Å²) in [6.07, 6.45) is 2.96. The van der Waals surface area contributed by atoms with Crippen molar-refractivity contribution in [2.75, 3.05) is 6.61 Å². The molecule has 0 spiro atoms. The highest BCUT2D eigenvalue weighted by molar-refractivity contribution is 7.20. The van der Waals surface area contributed by atoms with E-state index in [1.807, 2.05) is 0 Å². The second-order valence-corrected chi connectivity index (χ2v) is 3.99. The fraction of sp³-hybridized carbons (Fsp3) is 0.200. The molecule has 0 aliphatic carbocycles. The van der Waals surface area contributed by atoms with Crippen molar-refractivity contribution in [1.82, 2.24) is 4.98 Å². The molecular weight excluding hydrogens is 214 g/mol. The number of rotatable bonds is 2. The molecule has 1 N–H and O–H groups in total. The Kier molecular flexibility index (Phi) is 2.55. The fourth-order valence-electron chi connectivity index (χ4n) is 1.25. The van der Waals surface area contributed by atoms with Gasteiger partial charge in [0.25, 0.3) is 0 Å². The first-order valence-corrected chi connectivity index (χ1v) is 5.27. The third-order valence-corrected chi connectivity index (χ3v) is 2.95. The number of thiophene rings is 1. The summed E-state index contributed by atoms with van der Waals surface area (Å²) in [6, 6.07) is 1.62. The van der Waals surface area contributed by atoms with Crippen LogP contribution in [-0.2, 0) is 4.74 Å².